The summed E-state index contributed by atoms with van der Waals surface area (Å²) in [7, 11) is 0. The van der Waals surface area contributed by atoms with Crippen molar-refractivity contribution in [2.75, 3.05) is 0 Å². The van der Waals surface area contributed by atoms with Crippen LogP contribution in [0.2, 0.25) is 0 Å². The SMILES string of the molecule is C=CC(=O)OCc1ccc2c(c1)sc1ccccc12.C=CC(=O)OCc1cccc2sc3ccccc3c12. The summed E-state index contributed by atoms with van der Waals surface area (Å²) in [6.07, 6.45) is 2.36. The topological polar surface area (TPSA) is 52.6 Å². The normalized spacial score (nSPS) is 10.7. The minimum Gasteiger partial charge on any atom is -0.458 e. The highest BCUT2D eigenvalue weighted by atomic mass is 32.1. The van der Waals surface area contributed by atoms with E-state index in [9.17, 15) is 9.59 Å². The molecule has 0 amide bonds. The fourth-order valence-corrected chi connectivity index (χ4v) is 6.57. The number of esters is 2. The Morgan fingerprint density at radius 2 is 1.21 bits per heavy atom. The minimum absolute atomic E-state index is 0.281. The Bertz CT molecular complexity index is 1810. The summed E-state index contributed by atoms with van der Waals surface area (Å²) in [5.74, 6) is -0.784. The molecule has 0 N–H and O–H groups in total. The molecule has 0 saturated carbocycles. The Morgan fingerprint density at radius 1 is 0.632 bits per heavy atom. The predicted molar refractivity (Wildman–Crippen MR) is 159 cm³/mol. The van der Waals surface area contributed by atoms with Gasteiger partial charge in [0.2, 0.25) is 0 Å². The first-order chi connectivity index (χ1) is 18.6. The molecule has 0 spiro atoms. The average molecular weight is 537 g/mol. The van der Waals surface area contributed by atoms with E-state index in [-0.39, 0.29) is 13.2 Å². The molecule has 2 heterocycles. The molecule has 38 heavy (non-hydrogen) atoms. The van der Waals surface area contributed by atoms with Gasteiger partial charge in [0.05, 0.1) is 0 Å². The van der Waals surface area contributed by atoms with Crippen molar-refractivity contribution in [1.82, 2.24) is 0 Å². The average Bonchev–Trinajstić information content (AvgIpc) is 3.53. The van der Waals surface area contributed by atoms with Gasteiger partial charge in [-0.25, -0.2) is 9.59 Å². The number of ether oxygens (including phenoxy) is 2. The third-order valence-corrected chi connectivity index (χ3v) is 8.29. The summed E-state index contributed by atoms with van der Waals surface area (Å²) < 4.78 is 15.2. The van der Waals surface area contributed by atoms with Gasteiger partial charge in [0.25, 0.3) is 0 Å². The highest BCUT2D eigenvalue weighted by molar-refractivity contribution is 7.26. The van der Waals surface area contributed by atoms with Crippen molar-refractivity contribution in [2.24, 2.45) is 0 Å². The zero-order valence-corrected chi connectivity index (χ0v) is 22.1. The quantitative estimate of drug-likeness (QED) is 0.158. The number of thiophene rings is 2. The van der Waals surface area contributed by atoms with Crippen LogP contribution >= 0.6 is 22.7 Å². The van der Waals surface area contributed by atoms with Crippen LogP contribution in [0.4, 0.5) is 0 Å². The van der Waals surface area contributed by atoms with E-state index in [0.717, 1.165) is 11.1 Å². The first kappa shape index (κ1) is 25.4. The highest BCUT2D eigenvalue weighted by Crippen LogP contribution is 2.36. The number of carbonyl (C=O) groups excluding carboxylic acids is 2. The van der Waals surface area contributed by atoms with Crippen LogP contribution in [-0.4, -0.2) is 11.9 Å². The molecular formula is C32H24O4S2. The van der Waals surface area contributed by atoms with E-state index in [1.165, 1.54) is 52.5 Å². The van der Waals surface area contributed by atoms with Crippen LogP contribution in [0.15, 0.2) is 110 Å². The standard InChI is InChI=1S/2C16H12O2S/c1-2-15(17)18-10-11-6-5-9-14-16(11)12-7-3-4-8-13(12)19-14;1-2-16(17)18-10-11-7-8-13-12-5-3-4-6-14(12)19-15(13)9-11/h2*2-9H,1,10H2. The molecule has 188 valence electrons. The van der Waals surface area contributed by atoms with E-state index >= 15 is 0 Å². The van der Waals surface area contributed by atoms with Gasteiger partial charge < -0.3 is 9.47 Å². The zero-order chi connectivity index (χ0) is 26.5. The molecule has 0 aliphatic heterocycles. The van der Waals surface area contributed by atoms with Crippen LogP contribution in [-0.2, 0) is 32.3 Å². The highest BCUT2D eigenvalue weighted by Gasteiger charge is 2.10. The van der Waals surface area contributed by atoms with Crippen LogP contribution in [0, 0.1) is 0 Å². The van der Waals surface area contributed by atoms with E-state index in [2.05, 4.69) is 55.6 Å². The Labute approximate surface area is 228 Å². The van der Waals surface area contributed by atoms with E-state index in [4.69, 9.17) is 9.47 Å². The van der Waals surface area contributed by atoms with Gasteiger partial charge in [0.1, 0.15) is 13.2 Å². The van der Waals surface area contributed by atoms with Gasteiger partial charge in [-0.2, -0.15) is 0 Å². The maximum atomic E-state index is 11.2. The molecule has 0 radical (unpaired) electrons. The Morgan fingerprint density at radius 3 is 1.95 bits per heavy atom. The molecule has 2 aromatic heterocycles. The molecule has 0 aliphatic carbocycles. The lowest BCUT2D eigenvalue weighted by Gasteiger charge is -2.04. The molecule has 6 rings (SSSR count). The van der Waals surface area contributed by atoms with Gasteiger partial charge in [-0.1, -0.05) is 73.8 Å². The summed E-state index contributed by atoms with van der Waals surface area (Å²) in [6, 6.07) is 28.9. The number of hydrogen-bond donors (Lipinski definition) is 0. The van der Waals surface area contributed by atoms with E-state index < -0.39 is 11.9 Å². The molecule has 6 heteroatoms. The first-order valence-electron chi connectivity index (χ1n) is 11.9. The van der Waals surface area contributed by atoms with Crippen molar-refractivity contribution in [1.29, 1.82) is 0 Å². The van der Waals surface area contributed by atoms with E-state index in [1.54, 1.807) is 22.7 Å². The number of carbonyl (C=O) groups is 2. The predicted octanol–water partition coefficient (Wildman–Crippen LogP) is 8.57. The largest absolute Gasteiger partial charge is 0.458 e. The fourth-order valence-electron chi connectivity index (χ4n) is 4.25. The van der Waals surface area contributed by atoms with Crippen LogP contribution in [0.25, 0.3) is 40.3 Å². The second kappa shape index (κ2) is 11.4. The van der Waals surface area contributed by atoms with E-state index in [1.807, 2.05) is 42.5 Å². The second-order valence-electron chi connectivity index (χ2n) is 8.44. The number of hydrogen-bond acceptors (Lipinski definition) is 6. The summed E-state index contributed by atoms with van der Waals surface area (Å²) >= 11 is 3.51. The summed E-state index contributed by atoms with van der Waals surface area (Å²) in [5.41, 5.74) is 2.03. The smallest absolute Gasteiger partial charge is 0.330 e. The molecule has 0 bridgehead atoms. The van der Waals surface area contributed by atoms with Crippen LogP contribution in [0.5, 0.6) is 0 Å². The summed E-state index contributed by atoms with van der Waals surface area (Å²) in [5, 5.41) is 4.92. The maximum absolute atomic E-state index is 11.2. The second-order valence-corrected chi connectivity index (χ2v) is 10.6. The Kier molecular flexibility index (Phi) is 7.63. The van der Waals surface area contributed by atoms with Crippen LogP contribution < -0.4 is 0 Å². The first-order valence-corrected chi connectivity index (χ1v) is 13.6. The molecule has 0 unspecified atom stereocenters. The molecule has 0 saturated heterocycles. The third kappa shape index (κ3) is 5.37. The summed E-state index contributed by atoms with van der Waals surface area (Å²) in [6.45, 7) is 7.35. The molecule has 0 aliphatic rings. The van der Waals surface area contributed by atoms with Gasteiger partial charge >= 0.3 is 11.9 Å². The fraction of sp³-hybridized carbons (Fsp3) is 0.0625. The number of benzene rings is 4. The lowest BCUT2D eigenvalue weighted by atomic mass is 10.1. The van der Waals surface area contributed by atoms with Crippen molar-refractivity contribution < 1.29 is 19.1 Å². The number of rotatable bonds is 6. The van der Waals surface area contributed by atoms with Gasteiger partial charge in [-0.05, 0) is 35.4 Å². The lowest BCUT2D eigenvalue weighted by molar-refractivity contribution is -0.139. The van der Waals surface area contributed by atoms with Crippen molar-refractivity contribution in [3.8, 4) is 0 Å². The Hall–Kier alpha value is -4.26. The van der Waals surface area contributed by atoms with E-state index in [0.29, 0.717) is 0 Å². The monoisotopic (exact) mass is 536 g/mol. The van der Waals surface area contributed by atoms with Crippen molar-refractivity contribution in [2.45, 2.75) is 13.2 Å². The van der Waals surface area contributed by atoms with Crippen LogP contribution in [0.3, 0.4) is 0 Å². The van der Waals surface area contributed by atoms with Crippen molar-refractivity contribution in [3.05, 3.63) is 121 Å². The van der Waals surface area contributed by atoms with Crippen LogP contribution in [0.1, 0.15) is 11.1 Å². The third-order valence-electron chi connectivity index (χ3n) is 6.02. The van der Waals surface area contributed by atoms with Crippen molar-refractivity contribution in [3.63, 3.8) is 0 Å². The van der Waals surface area contributed by atoms with Crippen molar-refractivity contribution >= 4 is 75.0 Å². The minimum atomic E-state index is -0.392. The molecule has 0 atom stereocenters. The molecule has 4 aromatic carbocycles. The summed E-state index contributed by atoms with van der Waals surface area (Å²) in [4.78, 5) is 22.2. The van der Waals surface area contributed by atoms with Gasteiger partial charge in [-0.15, -0.1) is 22.7 Å². The molecule has 4 nitrogen and oxygen atoms in total. The van der Waals surface area contributed by atoms with Gasteiger partial charge in [-0.3, -0.25) is 0 Å². The van der Waals surface area contributed by atoms with Gasteiger partial charge in [0, 0.05) is 52.5 Å². The molecule has 0 fully saturated rings. The maximum Gasteiger partial charge on any atom is 0.330 e. The zero-order valence-electron chi connectivity index (χ0n) is 20.5. The number of fused-ring (bicyclic) bond motifs is 6. The Balaban J connectivity index is 0.000000155. The molecule has 6 aromatic rings. The molecular weight excluding hydrogens is 512 g/mol. The lowest BCUT2D eigenvalue weighted by Crippen LogP contribution is -2.00. The van der Waals surface area contributed by atoms with Gasteiger partial charge in [0.15, 0.2) is 0 Å².